The van der Waals surface area contributed by atoms with Crippen LogP contribution in [0.5, 0.6) is 0 Å². The molecule has 3 aliphatic rings. The van der Waals surface area contributed by atoms with E-state index < -0.39 is 54.7 Å². The summed E-state index contributed by atoms with van der Waals surface area (Å²) in [6.45, 7) is -1.46. The number of hydrogen-bond donors (Lipinski definition) is 3. The predicted molar refractivity (Wildman–Crippen MR) is 67.0 cm³/mol. The summed E-state index contributed by atoms with van der Waals surface area (Å²) in [5, 5.41) is 13.8. The maximum atomic E-state index is 12.2. The molecule has 2 aliphatic carbocycles. The predicted octanol–water partition coefficient (Wildman–Crippen LogP) is -2.05. The van der Waals surface area contributed by atoms with Gasteiger partial charge in [-0.1, -0.05) is 0 Å². The first-order chi connectivity index (χ1) is 9.89. The van der Waals surface area contributed by atoms with Gasteiger partial charge in [0.15, 0.2) is 12.2 Å². The molecular weight excluding hydrogens is 344 g/mol. The van der Waals surface area contributed by atoms with Gasteiger partial charge in [0.1, 0.15) is 0 Å². The molecule has 3 N–H and O–H groups in total. The first-order valence-electron chi connectivity index (χ1n) is 6.42. The highest BCUT2D eigenvalue weighted by molar-refractivity contribution is 7.87. The van der Waals surface area contributed by atoms with E-state index >= 15 is 0 Å². The van der Waals surface area contributed by atoms with Crippen LogP contribution in [0.4, 0.5) is 0 Å². The Labute approximate surface area is 125 Å². The van der Waals surface area contributed by atoms with Crippen LogP contribution in [-0.2, 0) is 34.0 Å². The molecule has 2 saturated carbocycles. The molecule has 3 fully saturated rings. The highest BCUT2D eigenvalue weighted by atomic mass is 32.2. The largest absolute Gasteiger partial charge is 0.456 e. The third kappa shape index (κ3) is 2.09. The molecule has 1 heterocycles. The lowest BCUT2D eigenvalue weighted by atomic mass is 9.84. The van der Waals surface area contributed by atoms with Gasteiger partial charge >= 0.3 is 21.2 Å². The first-order valence-corrected chi connectivity index (χ1v) is 9.34. The van der Waals surface area contributed by atoms with Crippen molar-refractivity contribution >= 4 is 26.2 Å². The molecule has 0 amide bonds. The lowest BCUT2D eigenvalue weighted by molar-refractivity contribution is -0.183. The standard InChI is InChI=1S/C10H14O10S2/c11-8(19-4-10(12,13)22(16,17)18)9-3-5-1-6(9)7(2-5)21(14,15)20-9/h5-7,12-13H,1-4H2,(H,16,17,18)/t5?,6?,7?,9-/m0/s1. The van der Waals surface area contributed by atoms with E-state index in [0.717, 1.165) is 0 Å². The summed E-state index contributed by atoms with van der Waals surface area (Å²) >= 11 is 0. The number of carbonyl (C=O) groups excluding carboxylic acids is 1. The minimum atomic E-state index is -5.30. The van der Waals surface area contributed by atoms with Gasteiger partial charge < -0.3 is 14.9 Å². The van der Waals surface area contributed by atoms with Crippen molar-refractivity contribution in [1.29, 1.82) is 0 Å². The van der Waals surface area contributed by atoms with Crippen LogP contribution in [0.25, 0.3) is 0 Å². The minimum Gasteiger partial charge on any atom is -0.456 e. The number of fused-ring (bicyclic) bond motifs is 1. The van der Waals surface area contributed by atoms with Crippen molar-refractivity contribution < 1.29 is 45.3 Å². The van der Waals surface area contributed by atoms with Crippen molar-refractivity contribution in [2.45, 2.75) is 35.2 Å². The second kappa shape index (κ2) is 4.39. The zero-order valence-corrected chi connectivity index (χ0v) is 12.7. The minimum absolute atomic E-state index is 0.0191. The lowest BCUT2D eigenvalue weighted by Gasteiger charge is -2.28. The molecule has 1 aliphatic heterocycles. The fourth-order valence-electron chi connectivity index (χ4n) is 3.65. The Morgan fingerprint density at radius 1 is 1.36 bits per heavy atom. The van der Waals surface area contributed by atoms with Crippen LogP contribution >= 0.6 is 0 Å². The van der Waals surface area contributed by atoms with Crippen LogP contribution in [-0.4, -0.2) is 60.1 Å². The van der Waals surface area contributed by atoms with Crippen molar-refractivity contribution in [2.24, 2.45) is 11.8 Å². The summed E-state index contributed by atoms with van der Waals surface area (Å²) in [7, 11) is -9.21. The van der Waals surface area contributed by atoms with Crippen LogP contribution in [0.3, 0.4) is 0 Å². The molecule has 0 spiro atoms. The van der Waals surface area contributed by atoms with E-state index in [1.807, 2.05) is 0 Å². The molecule has 12 heteroatoms. The Balaban J connectivity index is 1.80. The third-order valence-corrected chi connectivity index (χ3v) is 7.31. The van der Waals surface area contributed by atoms with Crippen LogP contribution in [0.1, 0.15) is 19.3 Å². The summed E-state index contributed by atoms with van der Waals surface area (Å²) in [6, 6.07) is 0. The van der Waals surface area contributed by atoms with Gasteiger partial charge in [0.2, 0.25) is 0 Å². The summed E-state index contributed by atoms with van der Waals surface area (Å²) < 4.78 is 63.3. The lowest BCUT2D eigenvalue weighted by Crippen LogP contribution is -2.49. The molecule has 3 rings (SSSR count). The molecule has 0 aromatic heterocycles. The highest BCUT2D eigenvalue weighted by Crippen LogP contribution is 2.60. The number of hydrogen-bond acceptors (Lipinski definition) is 9. The maximum absolute atomic E-state index is 12.2. The van der Waals surface area contributed by atoms with Crippen molar-refractivity contribution in [3.63, 3.8) is 0 Å². The zero-order chi connectivity index (χ0) is 16.6. The van der Waals surface area contributed by atoms with E-state index in [2.05, 4.69) is 4.74 Å². The number of carbonyl (C=O) groups is 1. The molecule has 0 aromatic carbocycles. The van der Waals surface area contributed by atoms with E-state index in [4.69, 9.17) is 18.9 Å². The fourth-order valence-corrected chi connectivity index (χ4v) is 5.89. The normalized spacial score (nSPS) is 39.1. The molecular formula is C10H14O10S2. The van der Waals surface area contributed by atoms with E-state index in [9.17, 15) is 21.6 Å². The number of ether oxygens (including phenoxy) is 1. The Morgan fingerprint density at radius 3 is 2.55 bits per heavy atom. The number of esters is 1. The summed E-state index contributed by atoms with van der Waals surface area (Å²) in [5.74, 6) is -1.79. The van der Waals surface area contributed by atoms with E-state index in [0.29, 0.717) is 12.8 Å². The molecule has 10 nitrogen and oxygen atoms in total. The van der Waals surface area contributed by atoms with E-state index in [1.54, 1.807) is 0 Å². The Morgan fingerprint density at radius 2 is 2.00 bits per heavy atom. The van der Waals surface area contributed by atoms with Gasteiger partial charge in [0.25, 0.3) is 10.1 Å². The second-order valence-corrected chi connectivity index (χ2v) is 9.31. The van der Waals surface area contributed by atoms with Crippen molar-refractivity contribution in [3.05, 3.63) is 0 Å². The van der Waals surface area contributed by atoms with Gasteiger partial charge in [-0.25, -0.2) is 4.79 Å². The van der Waals surface area contributed by atoms with E-state index in [1.165, 1.54) is 0 Å². The number of aliphatic hydroxyl groups is 2. The fraction of sp³-hybridized carbons (Fsp3) is 0.900. The molecule has 4 atom stereocenters. The van der Waals surface area contributed by atoms with Crippen molar-refractivity contribution in [2.75, 3.05) is 6.61 Å². The summed E-state index contributed by atoms with van der Waals surface area (Å²) in [4.78, 5) is 12.2. The van der Waals surface area contributed by atoms with Crippen molar-refractivity contribution in [1.82, 2.24) is 0 Å². The van der Waals surface area contributed by atoms with Gasteiger partial charge in [-0.3, -0.25) is 8.74 Å². The molecule has 0 radical (unpaired) electrons. The van der Waals surface area contributed by atoms with Gasteiger partial charge in [0, 0.05) is 5.92 Å². The van der Waals surface area contributed by atoms with Gasteiger partial charge in [0.05, 0.1) is 5.25 Å². The third-order valence-electron chi connectivity index (χ3n) is 4.58. The summed E-state index contributed by atoms with van der Waals surface area (Å²) in [5.41, 5.74) is -1.73. The SMILES string of the molecule is O=C(OCC(O)(O)S(=O)(=O)O)[C@]12CC3CC1C(C3)S(=O)(=O)O2. The molecule has 0 aromatic rings. The Kier molecular flexibility index (Phi) is 3.21. The van der Waals surface area contributed by atoms with E-state index in [-0.39, 0.29) is 12.3 Å². The molecule has 2 bridgehead atoms. The van der Waals surface area contributed by atoms with Gasteiger partial charge in [-0.05, 0) is 25.2 Å². The maximum Gasteiger partial charge on any atom is 0.340 e. The van der Waals surface area contributed by atoms with Gasteiger partial charge in [-0.2, -0.15) is 16.8 Å². The molecule has 1 saturated heterocycles. The Hall–Kier alpha value is -0.790. The highest BCUT2D eigenvalue weighted by Gasteiger charge is 2.72. The molecule has 126 valence electrons. The van der Waals surface area contributed by atoms with Crippen LogP contribution in [0.2, 0.25) is 0 Å². The molecule has 3 unspecified atom stereocenters. The van der Waals surface area contributed by atoms with Gasteiger partial charge in [-0.15, -0.1) is 0 Å². The average Bonchev–Trinajstić information content (AvgIpc) is 2.94. The molecule has 22 heavy (non-hydrogen) atoms. The first kappa shape index (κ1) is 16.1. The average molecular weight is 358 g/mol. The quantitative estimate of drug-likeness (QED) is 0.220. The van der Waals surface area contributed by atoms with Crippen LogP contribution < -0.4 is 0 Å². The monoisotopic (exact) mass is 358 g/mol. The number of rotatable bonds is 4. The zero-order valence-electron chi connectivity index (χ0n) is 11.1. The van der Waals surface area contributed by atoms with Crippen LogP contribution in [0, 0.1) is 11.8 Å². The van der Waals surface area contributed by atoms with Crippen LogP contribution in [0.15, 0.2) is 0 Å². The summed E-state index contributed by atoms with van der Waals surface area (Å²) in [6.07, 6.45) is 0.986. The smallest absolute Gasteiger partial charge is 0.340 e. The Bertz CT molecular complexity index is 723. The van der Waals surface area contributed by atoms with Crippen molar-refractivity contribution in [3.8, 4) is 0 Å². The second-order valence-electron chi connectivity index (χ2n) is 5.95. The topological polar surface area (TPSA) is 164 Å².